The van der Waals surface area contributed by atoms with Gasteiger partial charge in [-0.15, -0.1) is 0 Å². The molecule has 0 aliphatic heterocycles. The highest BCUT2D eigenvalue weighted by Crippen LogP contribution is 1.87. The van der Waals surface area contributed by atoms with Gasteiger partial charge < -0.3 is 0 Å². The quantitative estimate of drug-likeness (QED) is 0.184. The zero-order chi connectivity index (χ0) is 6.95. The lowest BCUT2D eigenvalue weighted by Crippen LogP contribution is -1.90. The van der Waals surface area contributed by atoms with E-state index in [2.05, 4.69) is 15.0 Å². The Kier molecular flexibility index (Phi) is 6.46. The molecule has 0 rings (SSSR count). The van der Waals surface area contributed by atoms with E-state index in [4.69, 9.17) is 0 Å². The van der Waals surface area contributed by atoms with E-state index < -0.39 is 0 Å². The molecule has 52 valence electrons. The minimum Gasteiger partial charge on any atom is -0.208 e. The second-order valence-electron chi connectivity index (χ2n) is 1.43. The summed E-state index contributed by atoms with van der Waals surface area (Å²) in [6.07, 6.45) is 3.09. The molecule has 9 heavy (non-hydrogen) atoms. The van der Waals surface area contributed by atoms with Crippen LogP contribution in [0.1, 0.15) is 19.8 Å². The molecule has 0 aliphatic carbocycles. The smallest absolute Gasteiger partial charge is 0.208 e. The maximum atomic E-state index is 9.34. The summed E-state index contributed by atoms with van der Waals surface area (Å²) in [6, 6.07) is 0. The van der Waals surface area contributed by atoms with E-state index in [1.165, 1.54) is 6.08 Å². The molecule has 0 radical (unpaired) electrons. The van der Waals surface area contributed by atoms with Gasteiger partial charge in [-0.3, -0.25) is 0 Å². The lowest BCUT2D eigenvalue weighted by atomic mass is 10.4. The number of hydrogen-bond donors (Lipinski definition) is 0. The first kappa shape index (κ1) is 8.14. The molecule has 0 aliphatic rings. The van der Waals surface area contributed by atoms with E-state index in [1.807, 2.05) is 6.92 Å². The summed E-state index contributed by atoms with van der Waals surface area (Å²) in [5.74, 6) is 0. The van der Waals surface area contributed by atoms with Crippen LogP contribution in [0.2, 0.25) is 0 Å². The average molecular weight is 131 g/mol. The van der Waals surface area contributed by atoms with Gasteiger partial charge in [-0.2, -0.15) is 4.89 Å². The van der Waals surface area contributed by atoms with E-state index >= 15 is 0 Å². The van der Waals surface area contributed by atoms with Crippen LogP contribution < -0.4 is 0 Å². The van der Waals surface area contributed by atoms with Crippen molar-refractivity contribution in [1.29, 1.82) is 0 Å². The first-order valence-electron chi connectivity index (χ1n) is 2.77. The molecule has 0 bridgehead atoms. The fraction of sp³-hybridized carbons (Fsp3) is 0.800. The van der Waals surface area contributed by atoms with E-state index in [9.17, 15) is 4.79 Å². The summed E-state index contributed by atoms with van der Waals surface area (Å²) in [6.45, 7) is 2.48. The monoisotopic (exact) mass is 131 g/mol. The van der Waals surface area contributed by atoms with E-state index in [1.54, 1.807) is 0 Å². The van der Waals surface area contributed by atoms with Crippen LogP contribution >= 0.6 is 0 Å². The average Bonchev–Trinajstić information content (AvgIpc) is 1.89. The molecule has 0 fully saturated rings. The molecule has 0 saturated carbocycles. The zero-order valence-corrected chi connectivity index (χ0v) is 5.29. The Labute approximate surface area is 53.4 Å². The zero-order valence-electron chi connectivity index (χ0n) is 5.29. The highest BCUT2D eigenvalue weighted by Gasteiger charge is 1.83. The molecule has 4 heteroatoms. The standard InChI is InChI=1S/C5H9NO3/c1-2-3-4-8-9-6-5-7/h2-4H2,1H3. The van der Waals surface area contributed by atoms with Gasteiger partial charge in [-0.05, 0) is 6.42 Å². The first-order chi connectivity index (χ1) is 4.41. The van der Waals surface area contributed by atoms with Crippen molar-refractivity contribution in [2.24, 2.45) is 5.16 Å². The molecular formula is C5H9NO3. The minimum atomic E-state index is 0.460. The molecule has 0 aromatic heterocycles. The molecular weight excluding hydrogens is 122 g/mol. The van der Waals surface area contributed by atoms with Crippen molar-refractivity contribution in [3.05, 3.63) is 0 Å². The van der Waals surface area contributed by atoms with Gasteiger partial charge in [0.25, 0.3) is 6.08 Å². The number of unbranched alkanes of at least 4 members (excludes halogenated alkanes) is 1. The van der Waals surface area contributed by atoms with E-state index in [0.717, 1.165) is 12.8 Å². The SMILES string of the molecule is CCCCOON=C=O. The molecule has 0 atom stereocenters. The minimum absolute atomic E-state index is 0.460. The van der Waals surface area contributed by atoms with Gasteiger partial charge in [-0.25, -0.2) is 9.78 Å². The van der Waals surface area contributed by atoms with Crippen LogP contribution in [0, 0.1) is 0 Å². The van der Waals surface area contributed by atoms with Crippen molar-refractivity contribution in [3.8, 4) is 0 Å². The topological polar surface area (TPSA) is 47.9 Å². The van der Waals surface area contributed by atoms with Gasteiger partial charge in [0.1, 0.15) is 0 Å². The van der Waals surface area contributed by atoms with Crippen LogP contribution in [0.4, 0.5) is 0 Å². The van der Waals surface area contributed by atoms with Gasteiger partial charge >= 0.3 is 0 Å². The second-order valence-corrected chi connectivity index (χ2v) is 1.43. The van der Waals surface area contributed by atoms with Crippen LogP contribution in [0.25, 0.3) is 0 Å². The number of hydrogen-bond acceptors (Lipinski definition) is 4. The molecule has 4 nitrogen and oxygen atoms in total. The highest BCUT2D eigenvalue weighted by atomic mass is 17.3. The maximum Gasteiger partial charge on any atom is 0.280 e. The van der Waals surface area contributed by atoms with Crippen LogP contribution in [0.15, 0.2) is 5.16 Å². The van der Waals surface area contributed by atoms with Gasteiger partial charge in [0.05, 0.1) is 6.61 Å². The van der Waals surface area contributed by atoms with Crippen molar-refractivity contribution >= 4 is 6.08 Å². The van der Waals surface area contributed by atoms with Gasteiger partial charge in [0.15, 0.2) is 0 Å². The predicted molar refractivity (Wildman–Crippen MR) is 30.1 cm³/mol. The Morgan fingerprint density at radius 3 is 3.00 bits per heavy atom. The fourth-order valence-corrected chi connectivity index (χ4v) is 0.282. The van der Waals surface area contributed by atoms with E-state index in [0.29, 0.717) is 6.61 Å². The molecule has 0 aromatic rings. The Hall–Kier alpha value is -0.860. The third-order valence-electron chi connectivity index (χ3n) is 0.708. The summed E-state index contributed by atoms with van der Waals surface area (Å²) < 4.78 is 0. The maximum absolute atomic E-state index is 9.34. The predicted octanol–water partition coefficient (Wildman–Crippen LogP) is 0.986. The first-order valence-corrected chi connectivity index (χ1v) is 2.77. The second kappa shape index (κ2) is 7.14. The van der Waals surface area contributed by atoms with Crippen LogP contribution in [0.3, 0.4) is 0 Å². The third kappa shape index (κ3) is 7.14. The molecule has 0 N–H and O–H groups in total. The van der Waals surface area contributed by atoms with Gasteiger partial charge in [-0.1, -0.05) is 13.3 Å². The summed E-state index contributed by atoms with van der Waals surface area (Å²) in [4.78, 5) is 17.7. The summed E-state index contributed by atoms with van der Waals surface area (Å²) >= 11 is 0. The highest BCUT2D eigenvalue weighted by molar-refractivity contribution is 5.31. The Morgan fingerprint density at radius 1 is 1.67 bits per heavy atom. The largest absolute Gasteiger partial charge is 0.280 e. The van der Waals surface area contributed by atoms with Crippen LogP contribution in [0.5, 0.6) is 0 Å². The summed E-state index contributed by atoms with van der Waals surface area (Å²) in [5.41, 5.74) is 0. The van der Waals surface area contributed by atoms with Crippen LogP contribution in [-0.2, 0) is 14.7 Å². The number of nitrogens with zero attached hydrogens (tertiary/aromatic N) is 1. The van der Waals surface area contributed by atoms with E-state index in [-0.39, 0.29) is 0 Å². The molecule has 0 spiro atoms. The van der Waals surface area contributed by atoms with Gasteiger partial charge in [0.2, 0.25) is 0 Å². The number of isocyanates is 1. The number of rotatable bonds is 5. The van der Waals surface area contributed by atoms with Gasteiger partial charge in [0, 0.05) is 5.16 Å². The number of carbonyl (C=O) groups excluding carboxylic acids is 1. The molecule has 0 unspecified atom stereocenters. The van der Waals surface area contributed by atoms with Crippen molar-refractivity contribution in [2.75, 3.05) is 6.61 Å². The third-order valence-corrected chi connectivity index (χ3v) is 0.708. The lowest BCUT2D eigenvalue weighted by molar-refractivity contribution is -0.295. The summed E-state index contributed by atoms with van der Waals surface area (Å²) in [7, 11) is 0. The van der Waals surface area contributed by atoms with Crippen LogP contribution in [-0.4, -0.2) is 12.7 Å². The molecule has 0 saturated heterocycles. The van der Waals surface area contributed by atoms with Crippen molar-refractivity contribution in [1.82, 2.24) is 0 Å². The normalized spacial score (nSPS) is 8.11. The van der Waals surface area contributed by atoms with Crippen molar-refractivity contribution in [3.63, 3.8) is 0 Å². The van der Waals surface area contributed by atoms with Crippen molar-refractivity contribution < 1.29 is 14.7 Å². The molecule has 0 aromatic carbocycles. The fourth-order valence-electron chi connectivity index (χ4n) is 0.282. The lowest BCUT2D eigenvalue weighted by Gasteiger charge is -1.92. The Morgan fingerprint density at radius 2 is 2.44 bits per heavy atom. The summed E-state index contributed by atoms with van der Waals surface area (Å²) in [5, 5.41) is 2.72. The van der Waals surface area contributed by atoms with Crippen molar-refractivity contribution in [2.45, 2.75) is 19.8 Å². The molecule has 0 amide bonds. The Bertz CT molecular complexity index is 98.4. The Balaban J connectivity index is 2.82. The molecule has 0 heterocycles.